The van der Waals surface area contributed by atoms with Crippen LogP contribution in [0.4, 0.5) is 5.69 Å². The minimum atomic E-state index is 0.0677. The van der Waals surface area contributed by atoms with Crippen molar-refractivity contribution in [3.05, 3.63) is 36.7 Å². The first-order chi connectivity index (χ1) is 8.84. The highest BCUT2D eigenvalue weighted by Gasteiger charge is 2.20. The fraction of sp³-hybridized carbons (Fsp3) is 0.562. The molecule has 0 saturated heterocycles. The number of rotatable bonds is 6. The second kappa shape index (κ2) is 6.71. The van der Waals surface area contributed by atoms with E-state index in [1.807, 2.05) is 12.3 Å². The maximum Gasteiger partial charge on any atom is 0.0562 e. The summed E-state index contributed by atoms with van der Waals surface area (Å²) in [5.74, 6) is 0. The summed E-state index contributed by atoms with van der Waals surface area (Å²) in [6.45, 7) is 16.4. The van der Waals surface area contributed by atoms with Crippen LogP contribution in [0.1, 0.15) is 40.3 Å². The Hall–Kier alpha value is -1.35. The van der Waals surface area contributed by atoms with Crippen molar-refractivity contribution in [3.63, 3.8) is 0 Å². The van der Waals surface area contributed by atoms with Gasteiger partial charge in [-0.15, -0.1) is 6.58 Å². The molecule has 1 aromatic rings. The van der Waals surface area contributed by atoms with Crippen LogP contribution in [0.25, 0.3) is 0 Å². The fourth-order valence-corrected chi connectivity index (χ4v) is 1.93. The van der Waals surface area contributed by atoms with Gasteiger partial charge in [0.15, 0.2) is 0 Å². The highest BCUT2D eigenvalue weighted by Crippen LogP contribution is 2.23. The first-order valence-electron chi connectivity index (χ1n) is 6.91. The zero-order valence-corrected chi connectivity index (χ0v) is 12.9. The van der Waals surface area contributed by atoms with Crippen LogP contribution in [-0.4, -0.2) is 23.1 Å². The minimum Gasteiger partial charge on any atom is -0.363 e. The SMILES string of the molecule is C=CCN(c1ccnc(CNC(C)C)c1)C(C)(C)C. The third kappa shape index (κ3) is 5.03. The molecule has 0 bridgehead atoms. The molecule has 1 heterocycles. The third-order valence-corrected chi connectivity index (χ3v) is 2.92. The van der Waals surface area contributed by atoms with Crippen LogP contribution in [0.5, 0.6) is 0 Å². The third-order valence-electron chi connectivity index (χ3n) is 2.92. The predicted octanol–water partition coefficient (Wildman–Crippen LogP) is 3.37. The van der Waals surface area contributed by atoms with Crippen molar-refractivity contribution in [2.45, 2.75) is 52.7 Å². The molecule has 0 aromatic carbocycles. The van der Waals surface area contributed by atoms with E-state index in [1.165, 1.54) is 5.69 Å². The summed E-state index contributed by atoms with van der Waals surface area (Å²) < 4.78 is 0. The van der Waals surface area contributed by atoms with E-state index in [0.29, 0.717) is 6.04 Å². The van der Waals surface area contributed by atoms with Crippen molar-refractivity contribution in [1.29, 1.82) is 0 Å². The van der Waals surface area contributed by atoms with Crippen LogP contribution in [0.15, 0.2) is 31.0 Å². The van der Waals surface area contributed by atoms with Crippen molar-refractivity contribution < 1.29 is 0 Å². The number of hydrogen-bond acceptors (Lipinski definition) is 3. The first kappa shape index (κ1) is 15.7. The van der Waals surface area contributed by atoms with Crippen LogP contribution in [0.2, 0.25) is 0 Å². The maximum absolute atomic E-state index is 4.42. The molecule has 106 valence electrons. The number of anilines is 1. The molecule has 0 fully saturated rings. The molecule has 0 aliphatic rings. The van der Waals surface area contributed by atoms with E-state index in [-0.39, 0.29) is 5.54 Å². The van der Waals surface area contributed by atoms with Gasteiger partial charge in [-0.2, -0.15) is 0 Å². The number of pyridine rings is 1. The Morgan fingerprint density at radius 2 is 2.11 bits per heavy atom. The minimum absolute atomic E-state index is 0.0677. The summed E-state index contributed by atoms with van der Waals surface area (Å²) in [5.41, 5.74) is 2.34. The molecule has 1 N–H and O–H groups in total. The van der Waals surface area contributed by atoms with Crippen LogP contribution in [-0.2, 0) is 6.54 Å². The molecule has 1 rings (SSSR count). The molecule has 0 atom stereocenters. The molecule has 0 unspecified atom stereocenters. The summed E-state index contributed by atoms with van der Waals surface area (Å²) in [7, 11) is 0. The van der Waals surface area contributed by atoms with Crippen molar-refractivity contribution in [2.75, 3.05) is 11.4 Å². The summed E-state index contributed by atoms with van der Waals surface area (Å²) in [6.07, 6.45) is 3.83. The van der Waals surface area contributed by atoms with Crippen molar-refractivity contribution >= 4 is 5.69 Å². The molecule has 0 saturated carbocycles. The fourth-order valence-electron chi connectivity index (χ4n) is 1.93. The number of aromatic nitrogens is 1. The van der Waals surface area contributed by atoms with Crippen molar-refractivity contribution in [2.24, 2.45) is 0 Å². The van der Waals surface area contributed by atoms with Gasteiger partial charge in [-0.25, -0.2) is 0 Å². The van der Waals surface area contributed by atoms with Crippen molar-refractivity contribution in [3.8, 4) is 0 Å². The quantitative estimate of drug-likeness (QED) is 0.796. The lowest BCUT2D eigenvalue weighted by atomic mass is 10.0. The summed E-state index contributed by atoms with van der Waals surface area (Å²) in [5, 5.41) is 3.40. The second-order valence-electron chi connectivity index (χ2n) is 6.11. The average Bonchev–Trinajstić information content (AvgIpc) is 2.32. The molecule has 0 aliphatic carbocycles. The largest absolute Gasteiger partial charge is 0.363 e. The van der Waals surface area contributed by atoms with Crippen molar-refractivity contribution in [1.82, 2.24) is 10.3 Å². The molecule has 0 spiro atoms. The molecule has 19 heavy (non-hydrogen) atoms. The second-order valence-corrected chi connectivity index (χ2v) is 6.11. The van der Waals surface area contributed by atoms with Gasteiger partial charge < -0.3 is 10.2 Å². The number of nitrogens with zero attached hydrogens (tertiary/aromatic N) is 2. The molecule has 0 aliphatic heterocycles. The van der Waals surface area contributed by atoms with E-state index >= 15 is 0 Å². The highest BCUT2D eigenvalue weighted by atomic mass is 15.2. The Morgan fingerprint density at radius 3 is 2.63 bits per heavy atom. The lowest BCUT2D eigenvalue weighted by Crippen LogP contribution is -2.41. The Balaban J connectivity index is 2.92. The van der Waals surface area contributed by atoms with E-state index in [0.717, 1.165) is 18.8 Å². The van der Waals surface area contributed by atoms with Crippen LogP contribution in [0.3, 0.4) is 0 Å². The molecule has 3 nitrogen and oxygen atoms in total. The van der Waals surface area contributed by atoms with Gasteiger partial charge in [-0.3, -0.25) is 4.98 Å². The summed E-state index contributed by atoms with van der Waals surface area (Å²) in [4.78, 5) is 6.75. The molecular formula is C16H27N3. The predicted molar refractivity (Wildman–Crippen MR) is 83.5 cm³/mol. The lowest BCUT2D eigenvalue weighted by Gasteiger charge is -2.37. The zero-order chi connectivity index (χ0) is 14.5. The van der Waals surface area contributed by atoms with Gasteiger partial charge in [0, 0.05) is 36.6 Å². The summed E-state index contributed by atoms with van der Waals surface area (Å²) >= 11 is 0. The monoisotopic (exact) mass is 261 g/mol. The molecule has 3 heteroatoms. The van der Waals surface area contributed by atoms with E-state index in [1.54, 1.807) is 0 Å². The van der Waals surface area contributed by atoms with E-state index in [9.17, 15) is 0 Å². The molecular weight excluding hydrogens is 234 g/mol. The van der Waals surface area contributed by atoms with Gasteiger partial charge in [0.25, 0.3) is 0 Å². The Kier molecular flexibility index (Phi) is 5.55. The van der Waals surface area contributed by atoms with Gasteiger partial charge in [0.1, 0.15) is 0 Å². The normalized spacial score (nSPS) is 11.7. The first-order valence-corrected chi connectivity index (χ1v) is 6.91. The summed E-state index contributed by atoms with van der Waals surface area (Å²) in [6, 6.07) is 4.69. The smallest absolute Gasteiger partial charge is 0.0562 e. The van der Waals surface area contributed by atoms with Gasteiger partial charge in [-0.05, 0) is 32.9 Å². The van der Waals surface area contributed by atoms with Gasteiger partial charge >= 0.3 is 0 Å². The Morgan fingerprint density at radius 1 is 1.42 bits per heavy atom. The van der Waals surface area contributed by atoms with E-state index in [2.05, 4.69) is 68.5 Å². The topological polar surface area (TPSA) is 28.2 Å². The molecule has 0 amide bonds. The van der Waals surface area contributed by atoms with E-state index in [4.69, 9.17) is 0 Å². The molecule has 0 radical (unpaired) electrons. The maximum atomic E-state index is 4.42. The van der Waals surface area contributed by atoms with Gasteiger partial charge in [0.2, 0.25) is 0 Å². The van der Waals surface area contributed by atoms with Crippen LogP contribution in [0, 0.1) is 0 Å². The number of nitrogens with one attached hydrogen (secondary N) is 1. The zero-order valence-electron chi connectivity index (χ0n) is 12.9. The molecule has 1 aromatic heterocycles. The lowest BCUT2D eigenvalue weighted by molar-refractivity contribution is 0.521. The standard InChI is InChI=1S/C16H27N3/c1-7-10-19(16(4,5)6)15-8-9-17-14(11-15)12-18-13(2)3/h7-9,11,13,18H,1,10,12H2,2-6H3. The van der Waals surface area contributed by atoms with Gasteiger partial charge in [-0.1, -0.05) is 19.9 Å². The Bertz CT molecular complexity index is 405. The van der Waals surface area contributed by atoms with Crippen LogP contribution >= 0.6 is 0 Å². The van der Waals surface area contributed by atoms with Crippen LogP contribution < -0.4 is 10.2 Å². The Labute approximate surface area is 117 Å². The highest BCUT2D eigenvalue weighted by molar-refractivity contribution is 5.49. The van der Waals surface area contributed by atoms with E-state index < -0.39 is 0 Å². The van der Waals surface area contributed by atoms with Gasteiger partial charge in [0.05, 0.1) is 5.69 Å². The average molecular weight is 261 g/mol. The number of hydrogen-bond donors (Lipinski definition) is 1.